The van der Waals surface area contributed by atoms with Crippen molar-refractivity contribution >= 4 is 0 Å². The van der Waals surface area contributed by atoms with Crippen LogP contribution in [0.4, 0.5) is 0 Å². The van der Waals surface area contributed by atoms with Crippen molar-refractivity contribution in [1.29, 1.82) is 0 Å². The van der Waals surface area contributed by atoms with Crippen molar-refractivity contribution in [3.8, 4) is 0 Å². The molecule has 0 fully saturated rings. The van der Waals surface area contributed by atoms with E-state index in [4.69, 9.17) is 0 Å². The van der Waals surface area contributed by atoms with E-state index in [0.29, 0.717) is 0 Å². The molecule has 0 aliphatic rings. The smallest absolute Gasteiger partial charge is 0.0402 e. The summed E-state index contributed by atoms with van der Waals surface area (Å²) in [6.07, 6.45) is 6.31. The molecule has 0 bridgehead atoms. The van der Waals surface area contributed by atoms with Crippen LogP contribution in [0.3, 0.4) is 0 Å². The van der Waals surface area contributed by atoms with Crippen molar-refractivity contribution in [3.05, 3.63) is 36.2 Å². The lowest BCUT2D eigenvalue weighted by Crippen LogP contribution is -1.94. The lowest BCUT2D eigenvalue weighted by molar-refractivity contribution is 0.796. The van der Waals surface area contributed by atoms with Gasteiger partial charge in [0, 0.05) is 18.4 Å². The van der Waals surface area contributed by atoms with Gasteiger partial charge in [-0.2, -0.15) is 0 Å². The maximum Gasteiger partial charge on any atom is 0.0402 e. The molecule has 0 N–H and O–H groups in total. The molecule has 0 amide bonds. The molecule has 0 radical (unpaired) electrons. The quantitative estimate of drug-likeness (QED) is 0.549. The van der Waals surface area contributed by atoms with Crippen molar-refractivity contribution in [3.63, 3.8) is 0 Å². The summed E-state index contributed by atoms with van der Waals surface area (Å²) in [7, 11) is 0. The fourth-order valence-corrected chi connectivity index (χ4v) is 0.923. The third-order valence-electron chi connectivity index (χ3n) is 1.59. The molecule has 10 heavy (non-hydrogen) atoms. The number of hydrogen-bond donors (Lipinski definition) is 0. The van der Waals surface area contributed by atoms with Crippen LogP contribution in [0, 0.1) is 6.92 Å². The summed E-state index contributed by atoms with van der Waals surface area (Å²) in [6, 6.07) is 4.18. The van der Waals surface area contributed by atoms with Crippen molar-refractivity contribution in [2.45, 2.75) is 20.4 Å². The first-order valence-electron chi connectivity index (χ1n) is 3.57. The van der Waals surface area contributed by atoms with Gasteiger partial charge < -0.3 is 4.57 Å². The largest absolute Gasteiger partial charge is 0.348 e. The van der Waals surface area contributed by atoms with E-state index in [1.54, 1.807) is 0 Å². The topological polar surface area (TPSA) is 4.93 Å². The molecule has 0 unspecified atom stereocenters. The second-order valence-corrected chi connectivity index (χ2v) is 2.37. The van der Waals surface area contributed by atoms with Crippen LogP contribution in [0.2, 0.25) is 0 Å². The maximum atomic E-state index is 2.21. The van der Waals surface area contributed by atoms with Crippen LogP contribution in [0.25, 0.3) is 0 Å². The second-order valence-electron chi connectivity index (χ2n) is 2.37. The highest BCUT2D eigenvalue weighted by Gasteiger charge is 1.88. The molecule has 1 nitrogen and oxygen atoms in total. The van der Waals surface area contributed by atoms with E-state index < -0.39 is 0 Å². The molecule has 1 aromatic heterocycles. The molecule has 0 aliphatic carbocycles. The zero-order valence-electron chi connectivity index (χ0n) is 6.54. The predicted octanol–water partition coefficient (Wildman–Crippen LogP) is 2.37. The molecule has 0 saturated carbocycles. The summed E-state index contributed by atoms with van der Waals surface area (Å²) in [5.74, 6) is 0. The van der Waals surface area contributed by atoms with Crippen LogP contribution in [0.15, 0.2) is 30.5 Å². The van der Waals surface area contributed by atoms with E-state index in [-0.39, 0.29) is 0 Å². The first kappa shape index (κ1) is 7.13. The summed E-state index contributed by atoms with van der Waals surface area (Å²) in [6.45, 7) is 5.15. The van der Waals surface area contributed by atoms with Crippen LogP contribution in [-0.4, -0.2) is 4.57 Å². The summed E-state index contributed by atoms with van der Waals surface area (Å²) in [5, 5.41) is 0. The zero-order chi connectivity index (χ0) is 7.40. The molecule has 54 valence electrons. The van der Waals surface area contributed by atoms with Gasteiger partial charge in [-0.25, -0.2) is 0 Å². The normalized spacial score (nSPS) is 11.0. The lowest BCUT2D eigenvalue weighted by atomic mass is 10.4. The fraction of sp³-hybridized carbons (Fsp3) is 0.333. The highest BCUT2D eigenvalue weighted by molar-refractivity contribution is 5.05. The highest BCUT2D eigenvalue weighted by Crippen LogP contribution is 1.99. The Morgan fingerprint density at radius 1 is 1.60 bits per heavy atom. The Morgan fingerprint density at radius 3 is 2.90 bits per heavy atom. The molecule has 0 saturated heterocycles. The van der Waals surface area contributed by atoms with Crippen molar-refractivity contribution in [2.75, 3.05) is 0 Å². The highest BCUT2D eigenvalue weighted by atomic mass is 14.9. The van der Waals surface area contributed by atoms with Gasteiger partial charge in [-0.05, 0) is 26.0 Å². The SMILES string of the molecule is C/C=C/Cn1cccc1C. The number of aryl methyl sites for hydroxylation is 1. The standard InChI is InChI=1S/C9H13N/c1-3-4-7-10-8-5-6-9(10)2/h3-6,8H,7H2,1-2H3/b4-3+. The Kier molecular flexibility index (Phi) is 2.32. The number of aromatic nitrogens is 1. The zero-order valence-corrected chi connectivity index (χ0v) is 6.54. The van der Waals surface area contributed by atoms with Gasteiger partial charge in [-0.1, -0.05) is 12.2 Å². The van der Waals surface area contributed by atoms with Gasteiger partial charge in [-0.3, -0.25) is 0 Å². The first-order valence-corrected chi connectivity index (χ1v) is 3.57. The molecule has 1 aromatic rings. The summed E-state index contributed by atoms with van der Waals surface area (Å²) < 4.78 is 2.21. The molecule has 1 heteroatoms. The molecule has 1 heterocycles. The molecular weight excluding hydrogens is 122 g/mol. The van der Waals surface area contributed by atoms with Gasteiger partial charge >= 0.3 is 0 Å². The molecule has 1 rings (SSSR count). The van der Waals surface area contributed by atoms with E-state index in [1.165, 1.54) is 5.69 Å². The maximum absolute atomic E-state index is 2.21. The van der Waals surface area contributed by atoms with Gasteiger partial charge in [0.2, 0.25) is 0 Å². The van der Waals surface area contributed by atoms with Crippen LogP contribution < -0.4 is 0 Å². The molecule has 0 spiro atoms. The van der Waals surface area contributed by atoms with Gasteiger partial charge in [0.05, 0.1) is 0 Å². The van der Waals surface area contributed by atoms with Crippen molar-refractivity contribution < 1.29 is 0 Å². The van der Waals surface area contributed by atoms with Gasteiger partial charge in [0.1, 0.15) is 0 Å². The predicted molar refractivity (Wildman–Crippen MR) is 44.0 cm³/mol. The number of allylic oxidation sites excluding steroid dienone is 2. The van der Waals surface area contributed by atoms with Crippen molar-refractivity contribution in [2.24, 2.45) is 0 Å². The molecular formula is C9H13N. The fourth-order valence-electron chi connectivity index (χ4n) is 0.923. The summed E-state index contributed by atoms with van der Waals surface area (Å²) >= 11 is 0. The van der Waals surface area contributed by atoms with E-state index in [9.17, 15) is 0 Å². The van der Waals surface area contributed by atoms with E-state index in [0.717, 1.165) is 6.54 Å². The van der Waals surface area contributed by atoms with E-state index in [2.05, 4.69) is 42.0 Å². The molecule has 0 aliphatic heterocycles. The Balaban J connectivity index is 2.65. The van der Waals surface area contributed by atoms with Crippen molar-refractivity contribution in [1.82, 2.24) is 4.57 Å². The number of nitrogens with zero attached hydrogens (tertiary/aromatic N) is 1. The summed E-state index contributed by atoms with van der Waals surface area (Å²) in [4.78, 5) is 0. The van der Waals surface area contributed by atoms with Crippen LogP contribution in [-0.2, 0) is 6.54 Å². The Hall–Kier alpha value is -0.980. The third kappa shape index (κ3) is 1.50. The monoisotopic (exact) mass is 135 g/mol. The third-order valence-corrected chi connectivity index (χ3v) is 1.59. The minimum Gasteiger partial charge on any atom is -0.348 e. The Labute approximate surface area is 62.0 Å². The molecule has 0 aromatic carbocycles. The minimum absolute atomic E-state index is 0.995. The summed E-state index contributed by atoms with van der Waals surface area (Å²) in [5.41, 5.74) is 1.32. The second kappa shape index (κ2) is 3.25. The van der Waals surface area contributed by atoms with Gasteiger partial charge in [0.15, 0.2) is 0 Å². The minimum atomic E-state index is 0.995. The van der Waals surface area contributed by atoms with Crippen LogP contribution in [0.5, 0.6) is 0 Å². The number of rotatable bonds is 2. The average molecular weight is 135 g/mol. The van der Waals surface area contributed by atoms with E-state index in [1.807, 2.05) is 6.92 Å². The van der Waals surface area contributed by atoms with Gasteiger partial charge in [-0.15, -0.1) is 0 Å². The molecule has 0 atom stereocenters. The Morgan fingerprint density at radius 2 is 2.40 bits per heavy atom. The van der Waals surface area contributed by atoms with Crippen LogP contribution >= 0.6 is 0 Å². The van der Waals surface area contributed by atoms with E-state index >= 15 is 0 Å². The lowest BCUT2D eigenvalue weighted by Gasteiger charge is -1.99. The van der Waals surface area contributed by atoms with Crippen LogP contribution in [0.1, 0.15) is 12.6 Å². The van der Waals surface area contributed by atoms with Gasteiger partial charge in [0.25, 0.3) is 0 Å². The average Bonchev–Trinajstić information content (AvgIpc) is 2.31. The number of hydrogen-bond acceptors (Lipinski definition) is 0. The Bertz CT molecular complexity index is 220. The first-order chi connectivity index (χ1) is 4.84.